The quantitative estimate of drug-likeness (QED) is 0.422. The normalized spacial score (nSPS) is 13.4. The molecule has 4 heteroatoms. The first-order chi connectivity index (χ1) is 6.29. The second-order valence-corrected chi connectivity index (χ2v) is 4.16. The first kappa shape index (κ1) is 12.8. The number of hydrogen-bond acceptors (Lipinski definition) is 3. The summed E-state index contributed by atoms with van der Waals surface area (Å²) < 4.78 is 0.257. The van der Waals surface area contributed by atoms with Crippen molar-refractivity contribution < 1.29 is 19.2 Å². The summed E-state index contributed by atoms with van der Waals surface area (Å²) in [7, 11) is 5.29. The topological polar surface area (TPSA) is 57.2 Å². The van der Waals surface area contributed by atoms with Crippen LogP contribution in [0.4, 0.5) is 0 Å². The first-order valence-corrected chi connectivity index (χ1v) is 4.46. The molecular formula is C10H17NO3. The molecular weight excluding hydrogens is 182 g/mol. The molecule has 0 saturated heterocycles. The van der Waals surface area contributed by atoms with Gasteiger partial charge < -0.3 is 14.4 Å². The number of allylic oxidation sites excluding steroid dienone is 1. The van der Waals surface area contributed by atoms with Crippen LogP contribution < -0.4 is 5.11 Å². The highest BCUT2D eigenvalue weighted by atomic mass is 16.4. The molecule has 0 radical (unpaired) electrons. The second-order valence-electron chi connectivity index (χ2n) is 4.16. The maximum absolute atomic E-state index is 10.9. The van der Waals surface area contributed by atoms with Crippen molar-refractivity contribution >= 4 is 11.8 Å². The third-order valence-electron chi connectivity index (χ3n) is 2.10. The molecule has 0 N–H and O–H groups in total. The Bertz CT molecular complexity index is 240. The van der Waals surface area contributed by atoms with E-state index in [1.165, 1.54) is 6.08 Å². The summed E-state index contributed by atoms with van der Waals surface area (Å²) in [6.07, 6.45) is 1.70. The summed E-state index contributed by atoms with van der Waals surface area (Å²) >= 11 is 0. The summed E-state index contributed by atoms with van der Waals surface area (Å²) in [5.41, 5.74) is 0. The van der Waals surface area contributed by atoms with E-state index >= 15 is 0 Å². The van der Waals surface area contributed by atoms with Gasteiger partial charge >= 0.3 is 0 Å². The van der Waals surface area contributed by atoms with Crippen LogP contribution in [-0.4, -0.2) is 43.4 Å². The molecule has 0 aromatic carbocycles. The lowest BCUT2D eigenvalue weighted by Gasteiger charge is -2.34. The zero-order valence-electron chi connectivity index (χ0n) is 8.95. The monoisotopic (exact) mass is 199 g/mol. The third-order valence-corrected chi connectivity index (χ3v) is 2.10. The molecule has 0 aliphatic heterocycles. The van der Waals surface area contributed by atoms with E-state index in [1.54, 1.807) is 21.1 Å². The minimum absolute atomic E-state index is 0.135. The summed E-state index contributed by atoms with van der Waals surface area (Å²) in [5, 5.41) is 10.8. The van der Waals surface area contributed by atoms with Crippen LogP contribution in [-0.2, 0) is 9.59 Å². The molecule has 14 heavy (non-hydrogen) atoms. The van der Waals surface area contributed by atoms with E-state index in [0.29, 0.717) is 0 Å². The van der Waals surface area contributed by atoms with Gasteiger partial charge in [-0.05, 0) is 6.08 Å². The van der Waals surface area contributed by atoms with E-state index in [0.717, 1.165) is 0 Å². The molecule has 0 aromatic heterocycles. The predicted molar refractivity (Wildman–Crippen MR) is 51.3 cm³/mol. The van der Waals surface area contributed by atoms with Crippen LogP contribution in [0.5, 0.6) is 0 Å². The summed E-state index contributed by atoms with van der Waals surface area (Å²) in [4.78, 5) is 21.7. The molecule has 0 saturated carbocycles. The van der Waals surface area contributed by atoms with Gasteiger partial charge in [0.05, 0.1) is 27.1 Å². The van der Waals surface area contributed by atoms with E-state index in [9.17, 15) is 14.7 Å². The fourth-order valence-corrected chi connectivity index (χ4v) is 1.20. The number of quaternary nitrogens is 1. The molecule has 80 valence electrons. The fraction of sp³-hybridized carbons (Fsp3) is 0.600. The van der Waals surface area contributed by atoms with Crippen LogP contribution in [0, 0.1) is 0 Å². The van der Waals surface area contributed by atoms with Crippen molar-refractivity contribution in [3.05, 3.63) is 12.7 Å². The van der Waals surface area contributed by atoms with E-state index in [4.69, 9.17) is 0 Å². The number of likely N-dealkylation sites (N-methyl/N-ethyl adjacent to an activating group) is 1. The maximum atomic E-state index is 10.9. The van der Waals surface area contributed by atoms with Gasteiger partial charge in [-0.25, -0.2) is 0 Å². The maximum Gasteiger partial charge on any atom is 0.155 e. The number of carbonyl (C=O) groups excluding carboxylic acids is 2. The lowest BCUT2D eigenvalue weighted by Crippen LogP contribution is -2.54. The molecule has 1 unspecified atom stereocenters. The number of hydrogen-bond donors (Lipinski definition) is 0. The van der Waals surface area contributed by atoms with Crippen LogP contribution in [0.1, 0.15) is 12.8 Å². The van der Waals surface area contributed by atoms with Crippen LogP contribution in [0.3, 0.4) is 0 Å². The number of aliphatic carboxylic acids is 1. The van der Waals surface area contributed by atoms with Crippen LogP contribution in [0.15, 0.2) is 12.7 Å². The average molecular weight is 199 g/mol. The van der Waals surface area contributed by atoms with Crippen molar-refractivity contribution in [1.82, 2.24) is 0 Å². The molecule has 0 rings (SSSR count). The summed E-state index contributed by atoms with van der Waals surface area (Å²) in [5.74, 6) is -1.25. The van der Waals surface area contributed by atoms with Crippen molar-refractivity contribution in [1.29, 1.82) is 0 Å². The molecule has 0 aromatic rings. The Morgan fingerprint density at radius 3 is 2.21 bits per heavy atom. The zero-order chi connectivity index (χ0) is 11.4. The Hall–Kier alpha value is -1.16. The van der Waals surface area contributed by atoms with Gasteiger partial charge in [-0.1, -0.05) is 6.58 Å². The molecule has 0 fully saturated rings. The Morgan fingerprint density at radius 1 is 1.43 bits per heavy atom. The Kier molecular flexibility index (Phi) is 4.50. The third kappa shape index (κ3) is 4.18. The smallest absolute Gasteiger partial charge is 0.155 e. The van der Waals surface area contributed by atoms with Gasteiger partial charge in [0.25, 0.3) is 0 Å². The lowest BCUT2D eigenvalue weighted by atomic mass is 10.1. The largest absolute Gasteiger partial charge is 0.544 e. The molecule has 0 aliphatic carbocycles. The van der Waals surface area contributed by atoms with Crippen molar-refractivity contribution in [2.75, 3.05) is 21.1 Å². The van der Waals surface area contributed by atoms with Crippen molar-refractivity contribution in [2.24, 2.45) is 0 Å². The molecule has 1 atom stereocenters. The van der Waals surface area contributed by atoms with Crippen molar-refractivity contribution in [2.45, 2.75) is 18.9 Å². The number of carboxylic acids is 1. The zero-order valence-corrected chi connectivity index (χ0v) is 8.95. The Labute approximate surface area is 84.4 Å². The fourth-order valence-electron chi connectivity index (χ4n) is 1.20. The van der Waals surface area contributed by atoms with E-state index in [-0.39, 0.29) is 23.1 Å². The molecule has 0 aliphatic rings. The Balaban J connectivity index is 4.33. The first-order valence-electron chi connectivity index (χ1n) is 4.46. The van der Waals surface area contributed by atoms with Gasteiger partial charge in [-0.15, -0.1) is 0 Å². The van der Waals surface area contributed by atoms with Gasteiger partial charge in [-0.3, -0.25) is 4.79 Å². The standard InChI is InChI=1S/C10H17NO3/c1-5-8(12)6-7-9(10(13)14)11(2,3)4/h5,9H,1,6-7H2,2-4H3. The van der Waals surface area contributed by atoms with Crippen LogP contribution in [0.25, 0.3) is 0 Å². The van der Waals surface area contributed by atoms with Gasteiger partial charge in [0.1, 0.15) is 6.04 Å². The minimum Gasteiger partial charge on any atom is -0.544 e. The van der Waals surface area contributed by atoms with Crippen LogP contribution in [0.2, 0.25) is 0 Å². The molecule has 0 heterocycles. The number of nitrogens with zero attached hydrogens (tertiary/aromatic N) is 1. The van der Waals surface area contributed by atoms with E-state index in [2.05, 4.69) is 6.58 Å². The number of carbonyl (C=O) groups is 2. The summed E-state index contributed by atoms with van der Waals surface area (Å²) in [6.45, 7) is 3.33. The molecule has 4 nitrogen and oxygen atoms in total. The average Bonchev–Trinajstić information content (AvgIpc) is 2.01. The van der Waals surface area contributed by atoms with E-state index in [1.807, 2.05) is 0 Å². The minimum atomic E-state index is -1.12. The lowest BCUT2D eigenvalue weighted by molar-refractivity contribution is -0.889. The van der Waals surface area contributed by atoms with Crippen molar-refractivity contribution in [3.63, 3.8) is 0 Å². The number of ketones is 1. The van der Waals surface area contributed by atoms with Crippen molar-refractivity contribution in [3.8, 4) is 0 Å². The van der Waals surface area contributed by atoms with E-state index < -0.39 is 12.0 Å². The van der Waals surface area contributed by atoms with Gasteiger partial charge in [0.2, 0.25) is 0 Å². The highest BCUT2D eigenvalue weighted by Gasteiger charge is 2.25. The van der Waals surface area contributed by atoms with Gasteiger partial charge in [0.15, 0.2) is 5.78 Å². The molecule has 0 spiro atoms. The molecule has 0 amide bonds. The highest BCUT2D eigenvalue weighted by Crippen LogP contribution is 2.09. The molecule has 0 bridgehead atoms. The van der Waals surface area contributed by atoms with Gasteiger partial charge in [0, 0.05) is 12.8 Å². The second kappa shape index (κ2) is 4.91. The summed E-state index contributed by atoms with van der Waals surface area (Å²) in [6, 6.07) is -0.654. The number of rotatable bonds is 6. The highest BCUT2D eigenvalue weighted by molar-refractivity contribution is 5.89. The predicted octanol–water partition coefficient (Wildman–Crippen LogP) is -0.654. The van der Waals surface area contributed by atoms with Gasteiger partial charge in [-0.2, -0.15) is 0 Å². The number of carboxylic acid groups (broad SMARTS) is 1. The van der Waals surface area contributed by atoms with Crippen LogP contribution >= 0.6 is 0 Å². The Morgan fingerprint density at radius 2 is 1.93 bits per heavy atom. The SMILES string of the molecule is C=CC(=O)CCC(C(=O)[O-])[N+](C)(C)C.